The van der Waals surface area contributed by atoms with Crippen molar-refractivity contribution in [3.05, 3.63) is 0 Å². The van der Waals surface area contributed by atoms with Gasteiger partial charge in [-0.15, -0.1) is 0 Å². The summed E-state index contributed by atoms with van der Waals surface area (Å²) >= 11 is 0. The largest absolute Gasteiger partial charge is 0.388 e. The first-order chi connectivity index (χ1) is 5.71. The van der Waals surface area contributed by atoms with Gasteiger partial charge in [0.15, 0.2) is 0 Å². The minimum absolute atomic E-state index is 0.419. The van der Waals surface area contributed by atoms with E-state index >= 15 is 0 Å². The zero-order valence-electron chi connectivity index (χ0n) is 7.64. The molecule has 2 aliphatic heterocycles. The normalized spacial score (nSPS) is 44.0. The number of hydrogen-bond acceptors (Lipinski definition) is 3. The van der Waals surface area contributed by atoms with Crippen LogP contribution in [0.25, 0.3) is 0 Å². The molecule has 0 radical (unpaired) electrons. The topological polar surface area (TPSA) is 44.3 Å². The first kappa shape index (κ1) is 8.48. The van der Waals surface area contributed by atoms with E-state index in [0.717, 1.165) is 32.5 Å². The van der Waals surface area contributed by atoms with Gasteiger partial charge in [0, 0.05) is 31.6 Å². The third-order valence-corrected chi connectivity index (χ3v) is 3.31. The monoisotopic (exact) mass is 170 g/mol. The van der Waals surface area contributed by atoms with Crippen LogP contribution in [0.3, 0.4) is 0 Å². The van der Waals surface area contributed by atoms with Gasteiger partial charge in [0.2, 0.25) is 0 Å². The maximum atomic E-state index is 10.2. The zero-order valence-corrected chi connectivity index (χ0v) is 7.64. The van der Waals surface area contributed by atoms with Gasteiger partial charge in [-0.25, -0.2) is 0 Å². The summed E-state index contributed by atoms with van der Waals surface area (Å²) in [6.07, 6.45) is 2.07. The van der Waals surface area contributed by atoms with Gasteiger partial charge in [0.05, 0.1) is 5.60 Å². The fourth-order valence-corrected chi connectivity index (χ4v) is 2.02. The number of aliphatic hydroxyl groups is 1. The van der Waals surface area contributed by atoms with Crippen LogP contribution in [0, 0.1) is 5.92 Å². The molecule has 0 aromatic heterocycles. The quantitative estimate of drug-likeness (QED) is 0.506. The second kappa shape index (κ2) is 2.98. The van der Waals surface area contributed by atoms with Crippen molar-refractivity contribution < 1.29 is 5.11 Å². The molecular formula is C9H18N2O. The van der Waals surface area contributed by atoms with Crippen molar-refractivity contribution in [2.75, 3.05) is 19.6 Å². The Morgan fingerprint density at radius 2 is 2.17 bits per heavy atom. The predicted molar refractivity (Wildman–Crippen MR) is 48.0 cm³/mol. The lowest BCUT2D eigenvalue weighted by Gasteiger charge is -2.45. The fraction of sp³-hybridized carbons (Fsp3) is 1.00. The lowest BCUT2D eigenvalue weighted by Crippen LogP contribution is -2.62. The molecule has 0 aliphatic carbocycles. The molecule has 2 rings (SSSR count). The zero-order chi connectivity index (χ0) is 8.60. The van der Waals surface area contributed by atoms with Gasteiger partial charge in [-0.2, -0.15) is 0 Å². The van der Waals surface area contributed by atoms with Crippen molar-refractivity contribution in [1.82, 2.24) is 10.6 Å². The summed E-state index contributed by atoms with van der Waals surface area (Å²) < 4.78 is 0. The fourth-order valence-electron chi connectivity index (χ4n) is 2.02. The van der Waals surface area contributed by atoms with Crippen molar-refractivity contribution in [1.29, 1.82) is 0 Å². The van der Waals surface area contributed by atoms with Crippen LogP contribution < -0.4 is 10.6 Å². The van der Waals surface area contributed by atoms with Gasteiger partial charge in [-0.1, -0.05) is 0 Å². The van der Waals surface area contributed by atoms with Crippen LogP contribution in [-0.2, 0) is 0 Å². The average molecular weight is 170 g/mol. The molecule has 70 valence electrons. The number of rotatable bonds is 1. The molecule has 2 aliphatic rings. The van der Waals surface area contributed by atoms with Gasteiger partial charge in [0.25, 0.3) is 0 Å². The minimum Gasteiger partial charge on any atom is -0.388 e. The maximum absolute atomic E-state index is 10.2. The van der Waals surface area contributed by atoms with Crippen molar-refractivity contribution in [3.8, 4) is 0 Å². The number of nitrogens with one attached hydrogen (secondary N) is 2. The molecule has 2 heterocycles. The Hall–Kier alpha value is -0.120. The Kier molecular flexibility index (Phi) is 2.10. The van der Waals surface area contributed by atoms with Crippen LogP contribution in [0.5, 0.6) is 0 Å². The lowest BCUT2D eigenvalue weighted by molar-refractivity contribution is -0.0613. The van der Waals surface area contributed by atoms with Gasteiger partial charge in [0.1, 0.15) is 0 Å². The van der Waals surface area contributed by atoms with Gasteiger partial charge < -0.3 is 15.7 Å². The van der Waals surface area contributed by atoms with E-state index < -0.39 is 5.60 Å². The molecule has 2 unspecified atom stereocenters. The SMILES string of the molecule is CC1CCC(O)(C2CNC2)CN1. The summed E-state index contributed by atoms with van der Waals surface area (Å²) in [5, 5.41) is 16.8. The lowest BCUT2D eigenvalue weighted by atomic mass is 9.77. The van der Waals surface area contributed by atoms with Crippen molar-refractivity contribution >= 4 is 0 Å². The number of piperidine rings is 1. The van der Waals surface area contributed by atoms with Crippen LogP contribution in [0.2, 0.25) is 0 Å². The Balaban J connectivity index is 1.92. The smallest absolute Gasteiger partial charge is 0.0824 e. The number of hydrogen-bond donors (Lipinski definition) is 3. The van der Waals surface area contributed by atoms with Crippen LogP contribution >= 0.6 is 0 Å². The highest BCUT2D eigenvalue weighted by molar-refractivity contribution is 4.98. The van der Waals surface area contributed by atoms with E-state index in [0.29, 0.717) is 12.0 Å². The molecule has 2 atom stereocenters. The molecule has 0 amide bonds. The molecule has 12 heavy (non-hydrogen) atoms. The molecular weight excluding hydrogens is 152 g/mol. The molecule has 3 nitrogen and oxygen atoms in total. The molecule has 0 bridgehead atoms. The number of β-amino-alcohol motifs (C(OH)–C–C–N with tert-alkyl or cyclic N) is 1. The van der Waals surface area contributed by atoms with Crippen molar-refractivity contribution in [2.24, 2.45) is 5.92 Å². The molecule has 0 aromatic rings. The van der Waals surface area contributed by atoms with Crippen LogP contribution in [0.4, 0.5) is 0 Å². The van der Waals surface area contributed by atoms with E-state index in [2.05, 4.69) is 17.6 Å². The molecule has 2 fully saturated rings. The van der Waals surface area contributed by atoms with E-state index in [-0.39, 0.29) is 0 Å². The first-order valence-electron chi connectivity index (χ1n) is 4.87. The molecule has 0 saturated carbocycles. The summed E-state index contributed by atoms with van der Waals surface area (Å²) in [5.41, 5.74) is -0.419. The maximum Gasteiger partial charge on any atom is 0.0824 e. The van der Waals surface area contributed by atoms with E-state index in [9.17, 15) is 5.11 Å². The third kappa shape index (κ3) is 1.37. The summed E-state index contributed by atoms with van der Waals surface area (Å²) in [5.74, 6) is 0.484. The summed E-state index contributed by atoms with van der Waals surface area (Å²) in [6, 6.07) is 0.582. The third-order valence-electron chi connectivity index (χ3n) is 3.31. The highest BCUT2D eigenvalue weighted by Crippen LogP contribution is 2.29. The van der Waals surface area contributed by atoms with Gasteiger partial charge in [-0.05, 0) is 19.8 Å². The van der Waals surface area contributed by atoms with E-state index in [1.54, 1.807) is 0 Å². The molecule has 0 spiro atoms. The summed E-state index contributed by atoms with van der Waals surface area (Å²) in [7, 11) is 0. The van der Waals surface area contributed by atoms with E-state index in [1.165, 1.54) is 0 Å². The Morgan fingerprint density at radius 1 is 1.42 bits per heavy atom. The standard InChI is InChI=1S/C9H18N2O/c1-7-2-3-9(12,6-11-7)8-4-10-5-8/h7-8,10-12H,2-6H2,1H3. The van der Waals surface area contributed by atoms with Crippen LogP contribution in [0.15, 0.2) is 0 Å². The second-order valence-electron chi connectivity index (χ2n) is 4.28. The Bertz CT molecular complexity index is 160. The summed E-state index contributed by atoms with van der Waals surface area (Å²) in [6.45, 7) is 4.94. The van der Waals surface area contributed by atoms with Crippen molar-refractivity contribution in [2.45, 2.75) is 31.4 Å². The molecule has 3 heteroatoms. The van der Waals surface area contributed by atoms with Gasteiger partial charge >= 0.3 is 0 Å². The molecule has 0 aromatic carbocycles. The summed E-state index contributed by atoms with van der Waals surface area (Å²) in [4.78, 5) is 0. The van der Waals surface area contributed by atoms with E-state index in [1.807, 2.05) is 0 Å². The highest BCUT2D eigenvalue weighted by atomic mass is 16.3. The highest BCUT2D eigenvalue weighted by Gasteiger charge is 2.41. The second-order valence-corrected chi connectivity index (χ2v) is 4.28. The minimum atomic E-state index is -0.419. The van der Waals surface area contributed by atoms with Crippen LogP contribution in [-0.4, -0.2) is 36.4 Å². The molecule has 2 saturated heterocycles. The predicted octanol–water partition coefficient (Wildman–Crippen LogP) is -0.291. The Morgan fingerprint density at radius 3 is 2.58 bits per heavy atom. The average Bonchev–Trinajstić information content (AvgIpc) is 1.92. The van der Waals surface area contributed by atoms with E-state index in [4.69, 9.17) is 0 Å². The van der Waals surface area contributed by atoms with Crippen LogP contribution in [0.1, 0.15) is 19.8 Å². The van der Waals surface area contributed by atoms with Gasteiger partial charge in [-0.3, -0.25) is 0 Å². The first-order valence-corrected chi connectivity index (χ1v) is 4.87. The Labute approximate surface area is 73.5 Å². The van der Waals surface area contributed by atoms with Crippen molar-refractivity contribution in [3.63, 3.8) is 0 Å². The molecule has 3 N–H and O–H groups in total.